The van der Waals surface area contributed by atoms with Crippen LogP contribution in [0.1, 0.15) is 16.1 Å². The molecule has 0 saturated carbocycles. The number of aromatic nitrogens is 2. The minimum atomic E-state index is -0.327. The van der Waals surface area contributed by atoms with Gasteiger partial charge in [0.25, 0.3) is 5.56 Å². The zero-order valence-corrected chi connectivity index (χ0v) is 11.6. The molecule has 0 fully saturated rings. The van der Waals surface area contributed by atoms with Crippen LogP contribution in [0.4, 0.5) is 0 Å². The zero-order valence-electron chi connectivity index (χ0n) is 9.31. The molecule has 0 N–H and O–H groups in total. The maximum Gasteiger partial charge on any atom is 0.267 e. The standard InChI is InChI=1S/C11H8Cl2N2O2S/c1-6-2-3-10(17)15(14-6)5-8(16)7-4-9(12)18-11(7)13/h2-4H,5H2,1H3. The normalized spacial score (nSPS) is 10.6. The molecular formula is C11H8Cl2N2O2S. The summed E-state index contributed by atoms with van der Waals surface area (Å²) in [4.78, 5) is 23.5. The number of thiophene rings is 1. The van der Waals surface area contributed by atoms with Crippen LogP contribution < -0.4 is 5.56 Å². The number of halogens is 2. The summed E-state index contributed by atoms with van der Waals surface area (Å²) in [6, 6.07) is 4.47. The van der Waals surface area contributed by atoms with E-state index in [1.54, 1.807) is 13.0 Å². The molecule has 18 heavy (non-hydrogen) atoms. The van der Waals surface area contributed by atoms with Crippen molar-refractivity contribution < 1.29 is 4.79 Å². The van der Waals surface area contributed by atoms with Gasteiger partial charge < -0.3 is 0 Å². The highest BCUT2D eigenvalue weighted by Crippen LogP contribution is 2.31. The summed E-state index contributed by atoms with van der Waals surface area (Å²) in [5.74, 6) is -0.289. The lowest BCUT2D eigenvalue weighted by Gasteiger charge is -2.03. The van der Waals surface area contributed by atoms with Crippen molar-refractivity contribution in [3.63, 3.8) is 0 Å². The number of nitrogens with zero attached hydrogens (tertiary/aromatic N) is 2. The van der Waals surface area contributed by atoms with Gasteiger partial charge in [-0.2, -0.15) is 5.10 Å². The molecule has 2 heterocycles. The number of rotatable bonds is 3. The predicted molar refractivity (Wildman–Crippen MR) is 71.9 cm³/mol. The fraction of sp³-hybridized carbons (Fsp3) is 0.182. The van der Waals surface area contributed by atoms with E-state index in [0.29, 0.717) is 19.9 Å². The number of carbonyl (C=O) groups excluding carboxylic acids is 1. The molecule has 2 aromatic rings. The van der Waals surface area contributed by atoms with E-state index in [1.807, 2.05) is 0 Å². The molecule has 0 bridgehead atoms. The van der Waals surface area contributed by atoms with Gasteiger partial charge in [0.15, 0.2) is 5.78 Å². The second-order valence-electron chi connectivity index (χ2n) is 3.63. The summed E-state index contributed by atoms with van der Waals surface area (Å²) >= 11 is 12.8. The van der Waals surface area contributed by atoms with Gasteiger partial charge in [0.2, 0.25) is 0 Å². The Bertz CT molecular complexity index is 663. The summed E-state index contributed by atoms with van der Waals surface area (Å²) in [7, 11) is 0. The SMILES string of the molecule is Cc1ccc(=O)n(CC(=O)c2cc(Cl)sc2Cl)n1. The van der Waals surface area contributed by atoms with Gasteiger partial charge in [-0.3, -0.25) is 9.59 Å². The first-order valence-corrected chi connectivity index (χ1v) is 6.57. The Morgan fingerprint density at radius 2 is 2.17 bits per heavy atom. The molecule has 0 aliphatic carbocycles. The summed E-state index contributed by atoms with van der Waals surface area (Å²) in [6.07, 6.45) is 0. The van der Waals surface area contributed by atoms with Gasteiger partial charge in [0.1, 0.15) is 10.9 Å². The lowest BCUT2D eigenvalue weighted by atomic mass is 10.2. The highest BCUT2D eigenvalue weighted by atomic mass is 35.5. The van der Waals surface area contributed by atoms with Crippen LogP contribution >= 0.6 is 34.5 Å². The zero-order chi connectivity index (χ0) is 13.3. The summed E-state index contributed by atoms with van der Waals surface area (Å²) < 4.78 is 1.87. The molecule has 0 atom stereocenters. The first kappa shape index (κ1) is 13.3. The van der Waals surface area contributed by atoms with Crippen LogP contribution in [0, 0.1) is 6.92 Å². The Morgan fingerprint density at radius 3 is 2.78 bits per heavy atom. The van der Waals surface area contributed by atoms with E-state index < -0.39 is 0 Å². The molecule has 2 aromatic heterocycles. The maximum atomic E-state index is 12.0. The molecule has 2 rings (SSSR count). The second-order valence-corrected chi connectivity index (χ2v) is 5.92. The fourth-order valence-electron chi connectivity index (χ4n) is 1.42. The second kappa shape index (κ2) is 5.22. The number of aryl methyl sites for hydroxylation is 1. The van der Waals surface area contributed by atoms with Crippen LogP contribution in [0.25, 0.3) is 0 Å². The molecule has 0 aliphatic heterocycles. The molecule has 0 saturated heterocycles. The van der Waals surface area contributed by atoms with Crippen LogP contribution in [0.15, 0.2) is 23.0 Å². The third-order valence-corrected chi connectivity index (χ3v) is 3.74. The van der Waals surface area contributed by atoms with E-state index in [9.17, 15) is 9.59 Å². The van der Waals surface area contributed by atoms with E-state index in [1.165, 1.54) is 12.1 Å². The predicted octanol–water partition coefficient (Wildman–Crippen LogP) is 2.80. The summed E-state index contributed by atoms with van der Waals surface area (Å²) in [5, 5.41) is 3.99. The first-order valence-electron chi connectivity index (χ1n) is 5.00. The fourth-order valence-corrected chi connectivity index (χ4v) is 2.91. The Kier molecular flexibility index (Phi) is 3.85. The van der Waals surface area contributed by atoms with E-state index in [-0.39, 0.29) is 17.9 Å². The lowest BCUT2D eigenvalue weighted by molar-refractivity contribution is 0.0966. The first-order chi connectivity index (χ1) is 8.47. The summed E-state index contributed by atoms with van der Waals surface area (Å²) in [5.41, 5.74) is 0.658. The molecular weight excluding hydrogens is 295 g/mol. The number of hydrogen-bond acceptors (Lipinski definition) is 4. The van der Waals surface area contributed by atoms with Crippen LogP contribution in [-0.4, -0.2) is 15.6 Å². The van der Waals surface area contributed by atoms with Crippen molar-refractivity contribution in [3.8, 4) is 0 Å². The minimum absolute atomic E-state index is 0.146. The van der Waals surface area contributed by atoms with Crippen molar-refractivity contribution in [1.82, 2.24) is 9.78 Å². The number of Topliss-reactive ketones (excluding diaryl/α,β-unsaturated/α-hetero) is 1. The molecule has 0 amide bonds. The molecule has 0 spiro atoms. The third-order valence-electron chi connectivity index (χ3n) is 2.25. The Morgan fingerprint density at radius 1 is 1.44 bits per heavy atom. The number of ketones is 1. The molecule has 94 valence electrons. The van der Waals surface area contributed by atoms with Crippen LogP contribution in [0.5, 0.6) is 0 Å². The van der Waals surface area contributed by atoms with Gasteiger partial charge in [-0.15, -0.1) is 11.3 Å². The monoisotopic (exact) mass is 302 g/mol. The highest BCUT2D eigenvalue weighted by molar-refractivity contribution is 7.20. The van der Waals surface area contributed by atoms with Crippen molar-refractivity contribution >= 4 is 40.3 Å². The molecule has 0 aromatic carbocycles. The average molecular weight is 303 g/mol. The van der Waals surface area contributed by atoms with Crippen LogP contribution in [0.3, 0.4) is 0 Å². The third kappa shape index (κ3) is 2.80. The molecule has 4 nitrogen and oxygen atoms in total. The molecule has 7 heteroatoms. The minimum Gasteiger partial charge on any atom is -0.292 e. The van der Waals surface area contributed by atoms with Gasteiger partial charge >= 0.3 is 0 Å². The van der Waals surface area contributed by atoms with E-state index in [4.69, 9.17) is 23.2 Å². The van der Waals surface area contributed by atoms with Gasteiger partial charge in [-0.05, 0) is 19.1 Å². The summed E-state index contributed by atoms with van der Waals surface area (Å²) in [6.45, 7) is 1.60. The number of carbonyl (C=O) groups is 1. The van der Waals surface area contributed by atoms with Crippen molar-refractivity contribution in [3.05, 3.63) is 48.5 Å². The van der Waals surface area contributed by atoms with E-state index >= 15 is 0 Å². The van der Waals surface area contributed by atoms with Crippen molar-refractivity contribution in [2.75, 3.05) is 0 Å². The van der Waals surface area contributed by atoms with E-state index in [0.717, 1.165) is 16.0 Å². The van der Waals surface area contributed by atoms with Gasteiger partial charge in [0.05, 0.1) is 15.6 Å². The van der Waals surface area contributed by atoms with Crippen molar-refractivity contribution in [2.45, 2.75) is 13.5 Å². The van der Waals surface area contributed by atoms with Crippen molar-refractivity contribution in [1.29, 1.82) is 0 Å². The molecule has 0 radical (unpaired) electrons. The van der Waals surface area contributed by atoms with Gasteiger partial charge in [-0.1, -0.05) is 23.2 Å². The molecule has 0 unspecified atom stereocenters. The van der Waals surface area contributed by atoms with Crippen LogP contribution in [-0.2, 0) is 6.54 Å². The van der Waals surface area contributed by atoms with Crippen molar-refractivity contribution in [2.24, 2.45) is 0 Å². The number of hydrogen-bond donors (Lipinski definition) is 0. The van der Waals surface area contributed by atoms with E-state index in [2.05, 4.69) is 5.10 Å². The highest BCUT2D eigenvalue weighted by Gasteiger charge is 2.15. The quantitative estimate of drug-likeness (QED) is 0.819. The largest absolute Gasteiger partial charge is 0.292 e. The smallest absolute Gasteiger partial charge is 0.267 e. The van der Waals surface area contributed by atoms with Gasteiger partial charge in [0, 0.05) is 6.07 Å². The molecule has 0 aliphatic rings. The lowest BCUT2D eigenvalue weighted by Crippen LogP contribution is -2.26. The van der Waals surface area contributed by atoms with Gasteiger partial charge in [-0.25, -0.2) is 4.68 Å². The Balaban J connectivity index is 2.29. The Labute approximate surface area is 117 Å². The maximum absolute atomic E-state index is 12.0. The topological polar surface area (TPSA) is 52.0 Å². The average Bonchev–Trinajstić information content (AvgIpc) is 2.63. The van der Waals surface area contributed by atoms with Crippen LogP contribution in [0.2, 0.25) is 8.67 Å². The Hall–Kier alpha value is -1.17.